The number of benzene rings is 11. The molecule has 1 heterocycles. The molecule has 0 atom stereocenters. The zero-order chi connectivity index (χ0) is 42.6. The van der Waals surface area contributed by atoms with Crippen LogP contribution in [0.25, 0.3) is 88.0 Å². The molecule has 2 aliphatic rings. The van der Waals surface area contributed by atoms with Crippen molar-refractivity contribution in [3.05, 3.63) is 259 Å². The molecule has 1 spiro atoms. The van der Waals surface area contributed by atoms with Crippen molar-refractivity contribution >= 4 is 60.5 Å². The average molecular weight is 826 g/mol. The summed E-state index contributed by atoms with van der Waals surface area (Å²) in [5.74, 6) is 0. The fourth-order valence-corrected chi connectivity index (χ4v) is 11.6. The molecule has 12 aromatic rings. The van der Waals surface area contributed by atoms with Crippen LogP contribution >= 0.6 is 0 Å². The van der Waals surface area contributed by atoms with E-state index in [0.717, 1.165) is 55.5 Å². The van der Waals surface area contributed by atoms with Crippen LogP contribution in [0.3, 0.4) is 0 Å². The molecular weight excluding hydrogens is 787 g/mol. The molecule has 0 aliphatic heterocycles. The summed E-state index contributed by atoms with van der Waals surface area (Å²) in [5.41, 5.74) is 19.6. The summed E-state index contributed by atoms with van der Waals surface area (Å²) in [6, 6.07) is 87.0. The molecule has 0 amide bonds. The molecule has 65 heavy (non-hydrogen) atoms. The van der Waals surface area contributed by atoms with Crippen LogP contribution in [0.1, 0.15) is 22.3 Å². The lowest BCUT2D eigenvalue weighted by Gasteiger charge is -2.32. The van der Waals surface area contributed by atoms with Gasteiger partial charge in [0.25, 0.3) is 0 Å². The van der Waals surface area contributed by atoms with Crippen molar-refractivity contribution in [2.24, 2.45) is 0 Å². The first-order valence-corrected chi connectivity index (χ1v) is 22.5. The number of rotatable bonds is 5. The van der Waals surface area contributed by atoms with E-state index < -0.39 is 5.41 Å². The highest BCUT2D eigenvalue weighted by atomic mass is 16.3. The molecule has 11 aromatic carbocycles. The lowest BCUT2D eigenvalue weighted by atomic mass is 9.70. The summed E-state index contributed by atoms with van der Waals surface area (Å²) in [5, 5.41) is 6.88. The standard InChI is InChI=1S/C63H39NO/c1-2-19-41(20-3-1)44-22-11-15-32-56(44)64(57-33-16-31-55-60(57)49-27-10-14-30-54(49)63(55)52-28-12-8-24-46(52)47-25-9-13-29-53(47)63)58-34-17-35-59-61(58)51-39-50(45-23-6-7-26-48(45)62(51)65-59)43-37-36-40-18-4-5-21-42(40)38-43/h1-39H. The van der Waals surface area contributed by atoms with Gasteiger partial charge in [-0.15, -0.1) is 0 Å². The van der Waals surface area contributed by atoms with Gasteiger partial charge in [0, 0.05) is 21.9 Å². The van der Waals surface area contributed by atoms with E-state index in [1.165, 1.54) is 71.8 Å². The van der Waals surface area contributed by atoms with Crippen molar-refractivity contribution in [1.82, 2.24) is 0 Å². The van der Waals surface area contributed by atoms with Gasteiger partial charge in [-0.25, -0.2) is 0 Å². The molecule has 302 valence electrons. The zero-order valence-corrected chi connectivity index (χ0v) is 35.4. The van der Waals surface area contributed by atoms with E-state index in [4.69, 9.17) is 4.42 Å². The van der Waals surface area contributed by atoms with Gasteiger partial charge >= 0.3 is 0 Å². The normalized spacial score (nSPS) is 13.0. The van der Waals surface area contributed by atoms with E-state index in [0.29, 0.717) is 0 Å². The van der Waals surface area contributed by atoms with Crippen molar-refractivity contribution in [3.63, 3.8) is 0 Å². The molecule has 0 N–H and O–H groups in total. The summed E-state index contributed by atoms with van der Waals surface area (Å²) in [7, 11) is 0. The number of furan rings is 1. The van der Waals surface area contributed by atoms with Gasteiger partial charge in [-0.1, -0.05) is 200 Å². The Morgan fingerprint density at radius 3 is 1.68 bits per heavy atom. The molecule has 1 aromatic heterocycles. The minimum absolute atomic E-state index is 0.484. The largest absolute Gasteiger partial charge is 0.455 e. The summed E-state index contributed by atoms with van der Waals surface area (Å²) in [4.78, 5) is 2.53. The second-order valence-electron chi connectivity index (χ2n) is 17.5. The summed E-state index contributed by atoms with van der Waals surface area (Å²) in [6.45, 7) is 0. The molecule has 2 nitrogen and oxygen atoms in total. The Kier molecular flexibility index (Phi) is 7.64. The number of fused-ring (bicyclic) bond motifs is 16. The van der Waals surface area contributed by atoms with E-state index in [-0.39, 0.29) is 0 Å². The van der Waals surface area contributed by atoms with Gasteiger partial charge in [0.1, 0.15) is 11.2 Å². The summed E-state index contributed by atoms with van der Waals surface area (Å²) in [6.07, 6.45) is 0. The molecular formula is C63H39NO. The van der Waals surface area contributed by atoms with Crippen molar-refractivity contribution in [2.75, 3.05) is 4.90 Å². The maximum atomic E-state index is 7.08. The van der Waals surface area contributed by atoms with Crippen molar-refractivity contribution < 1.29 is 4.42 Å². The molecule has 0 unspecified atom stereocenters. The van der Waals surface area contributed by atoms with Crippen LogP contribution in [0.5, 0.6) is 0 Å². The number of nitrogens with zero attached hydrogens (tertiary/aromatic N) is 1. The third kappa shape index (κ3) is 4.99. The molecule has 0 saturated heterocycles. The first kappa shape index (κ1) is 36.1. The molecule has 0 radical (unpaired) electrons. The number of hydrogen-bond donors (Lipinski definition) is 0. The fraction of sp³-hybridized carbons (Fsp3) is 0.0159. The second kappa shape index (κ2) is 13.8. The Balaban J connectivity index is 1.11. The summed E-state index contributed by atoms with van der Waals surface area (Å²) < 4.78 is 7.08. The third-order valence-electron chi connectivity index (χ3n) is 14.3. The lowest BCUT2D eigenvalue weighted by molar-refractivity contribution is 0.672. The van der Waals surface area contributed by atoms with Gasteiger partial charge in [-0.2, -0.15) is 0 Å². The molecule has 2 heteroatoms. The molecule has 0 bridgehead atoms. The van der Waals surface area contributed by atoms with Gasteiger partial charge in [0.15, 0.2) is 0 Å². The molecule has 2 aliphatic carbocycles. The van der Waals surface area contributed by atoms with Crippen molar-refractivity contribution in [3.8, 4) is 44.5 Å². The highest BCUT2D eigenvalue weighted by molar-refractivity contribution is 6.23. The predicted octanol–water partition coefficient (Wildman–Crippen LogP) is 17.0. The van der Waals surface area contributed by atoms with E-state index >= 15 is 0 Å². The monoisotopic (exact) mass is 825 g/mol. The first-order chi connectivity index (χ1) is 32.3. The van der Waals surface area contributed by atoms with Crippen LogP contribution in [0, 0.1) is 0 Å². The second-order valence-corrected chi connectivity index (χ2v) is 17.5. The maximum Gasteiger partial charge on any atom is 0.143 e. The minimum Gasteiger partial charge on any atom is -0.455 e. The highest BCUT2D eigenvalue weighted by Crippen LogP contribution is 2.65. The van der Waals surface area contributed by atoms with Gasteiger partial charge in [0.2, 0.25) is 0 Å². The Hall–Kier alpha value is -8.46. The predicted molar refractivity (Wildman–Crippen MR) is 271 cm³/mol. The molecule has 0 fully saturated rings. The molecule has 14 rings (SSSR count). The van der Waals surface area contributed by atoms with E-state index in [9.17, 15) is 0 Å². The lowest BCUT2D eigenvalue weighted by Crippen LogP contribution is -2.26. The SMILES string of the molecule is c1ccc(-c2ccccc2N(c2cccc3c2-c2ccccc2C32c3ccccc3-c3ccccc32)c2cccc3oc4c5ccccc5c(-c5ccc6ccccc6c5)cc4c23)cc1. The van der Waals surface area contributed by atoms with Crippen LogP contribution < -0.4 is 4.90 Å². The Labute approximate surface area is 376 Å². The number of anilines is 3. The topological polar surface area (TPSA) is 16.4 Å². The zero-order valence-electron chi connectivity index (χ0n) is 35.4. The minimum atomic E-state index is -0.484. The third-order valence-corrected chi connectivity index (χ3v) is 14.3. The molecule has 0 saturated carbocycles. The summed E-state index contributed by atoms with van der Waals surface area (Å²) >= 11 is 0. The quantitative estimate of drug-likeness (QED) is 0.172. The van der Waals surface area contributed by atoms with Gasteiger partial charge in [-0.05, 0) is 108 Å². The highest BCUT2D eigenvalue weighted by Gasteiger charge is 2.52. The van der Waals surface area contributed by atoms with Crippen LogP contribution in [-0.2, 0) is 5.41 Å². The van der Waals surface area contributed by atoms with E-state index in [2.05, 4.69) is 241 Å². The Bertz CT molecular complexity index is 3870. The average Bonchev–Trinajstić information content (AvgIpc) is 4.02. The van der Waals surface area contributed by atoms with E-state index in [1.54, 1.807) is 0 Å². The Morgan fingerprint density at radius 2 is 0.892 bits per heavy atom. The van der Waals surface area contributed by atoms with Crippen LogP contribution in [0.2, 0.25) is 0 Å². The van der Waals surface area contributed by atoms with Crippen LogP contribution in [0.4, 0.5) is 17.1 Å². The van der Waals surface area contributed by atoms with Gasteiger partial charge < -0.3 is 9.32 Å². The number of para-hydroxylation sites is 1. The smallest absolute Gasteiger partial charge is 0.143 e. The van der Waals surface area contributed by atoms with Crippen molar-refractivity contribution in [1.29, 1.82) is 0 Å². The van der Waals surface area contributed by atoms with Gasteiger partial charge in [-0.3, -0.25) is 0 Å². The number of hydrogen-bond acceptors (Lipinski definition) is 2. The van der Waals surface area contributed by atoms with Crippen LogP contribution in [-0.4, -0.2) is 0 Å². The van der Waals surface area contributed by atoms with Crippen LogP contribution in [0.15, 0.2) is 241 Å². The van der Waals surface area contributed by atoms with Gasteiger partial charge in [0.05, 0.1) is 27.9 Å². The fourth-order valence-electron chi connectivity index (χ4n) is 11.6. The maximum absolute atomic E-state index is 7.08. The van der Waals surface area contributed by atoms with Crippen molar-refractivity contribution in [2.45, 2.75) is 5.41 Å². The van der Waals surface area contributed by atoms with E-state index in [1.807, 2.05) is 0 Å². The first-order valence-electron chi connectivity index (χ1n) is 22.5. The Morgan fingerprint density at radius 1 is 0.323 bits per heavy atom.